The lowest BCUT2D eigenvalue weighted by Crippen LogP contribution is -2.44. The number of nitrogens with zero attached hydrogens (tertiary/aromatic N) is 1. The molecule has 0 spiro atoms. The molecule has 0 aromatic carbocycles. The number of carboxylic acids is 1. The van der Waals surface area contributed by atoms with Crippen LogP contribution in [0.4, 0.5) is 0 Å². The van der Waals surface area contributed by atoms with Gasteiger partial charge in [-0.05, 0) is 25.7 Å². The zero-order valence-electron chi connectivity index (χ0n) is 11.0. The lowest BCUT2D eigenvalue weighted by molar-refractivity contribution is -0.144. The topological polar surface area (TPSA) is 76.1 Å². The molecule has 2 saturated heterocycles. The summed E-state index contributed by atoms with van der Waals surface area (Å²) in [5.74, 6) is -0.980. The van der Waals surface area contributed by atoms with Gasteiger partial charge in [0.15, 0.2) is 0 Å². The quantitative estimate of drug-likeness (QED) is 0.767. The third kappa shape index (κ3) is 4.18. The molecule has 6 nitrogen and oxygen atoms in total. The summed E-state index contributed by atoms with van der Waals surface area (Å²) in [7, 11) is 0. The molecule has 19 heavy (non-hydrogen) atoms. The number of carboxylic acid groups (broad SMARTS) is 1. The molecular weight excluding hydrogens is 250 g/mol. The first-order chi connectivity index (χ1) is 9.16. The van der Waals surface area contributed by atoms with Crippen LogP contribution >= 0.6 is 0 Å². The summed E-state index contributed by atoms with van der Waals surface area (Å²) in [4.78, 5) is 24.6. The number of hydrogen-bond donors (Lipinski definition) is 1. The highest BCUT2D eigenvalue weighted by Gasteiger charge is 2.30. The number of carbonyl (C=O) groups excluding carboxylic acids is 1. The second kappa shape index (κ2) is 6.86. The standard InChI is InChI=1S/C13H21NO5/c15-12(16)5-6-14(9-10-3-1-7-18-10)13(17)11-4-2-8-19-11/h10-11H,1-9H2,(H,15,16)/t10-,11-/m0/s1. The zero-order chi connectivity index (χ0) is 13.7. The Bertz CT molecular complexity index is 321. The van der Waals surface area contributed by atoms with E-state index in [1.807, 2.05) is 0 Å². The molecular formula is C13H21NO5. The first-order valence-corrected chi connectivity index (χ1v) is 6.90. The number of ether oxygens (including phenoxy) is 2. The molecule has 2 rings (SSSR count). The molecule has 2 heterocycles. The van der Waals surface area contributed by atoms with E-state index in [0.29, 0.717) is 13.2 Å². The summed E-state index contributed by atoms with van der Waals surface area (Å²) < 4.78 is 10.9. The number of aliphatic carboxylic acids is 1. The first-order valence-electron chi connectivity index (χ1n) is 6.90. The van der Waals surface area contributed by atoms with Gasteiger partial charge in [0.25, 0.3) is 5.91 Å². The SMILES string of the molecule is O=C(O)CCN(C[C@@H]1CCCO1)C(=O)[C@@H]1CCCO1. The van der Waals surface area contributed by atoms with Crippen LogP contribution in [0.25, 0.3) is 0 Å². The summed E-state index contributed by atoms with van der Waals surface area (Å²) in [6.45, 7) is 2.05. The van der Waals surface area contributed by atoms with Crippen molar-refractivity contribution in [3.05, 3.63) is 0 Å². The molecule has 1 N–H and O–H groups in total. The van der Waals surface area contributed by atoms with Crippen LogP contribution in [-0.2, 0) is 19.1 Å². The summed E-state index contributed by atoms with van der Waals surface area (Å²) in [5, 5.41) is 8.77. The number of carbonyl (C=O) groups is 2. The Labute approximate surface area is 112 Å². The fourth-order valence-corrected chi connectivity index (χ4v) is 2.53. The van der Waals surface area contributed by atoms with Crippen molar-refractivity contribution in [2.45, 2.75) is 44.3 Å². The molecule has 2 aliphatic rings. The minimum atomic E-state index is -0.891. The molecule has 0 aromatic rings. The van der Waals surface area contributed by atoms with Crippen LogP contribution in [0.1, 0.15) is 32.1 Å². The molecule has 6 heteroatoms. The Kier molecular flexibility index (Phi) is 5.15. The first kappa shape index (κ1) is 14.3. The predicted molar refractivity (Wildman–Crippen MR) is 66.8 cm³/mol. The van der Waals surface area contributed by atoms with Gasteiger partial charge in [0.2, 0.25) is 0 Å². The van der Waals surface area contributed by atoms with Crippen molar-refractivity contribution in [1.29, 1.82) is 0 Å². The Balaban J connectivity index is 1.90. The molecule has 0 aliphatic carbocycles. The molecule has 2 aliphatic heterocycles. The van der Waals surface area contributed by atoms with Crippen LogP contribution in [-0.4, -0.2) is 60.4 Å². The molecule has 108 valence electrons. The van der Waals surface area contributed by atoms with Crippen LogP contribution in [0.3, 0.4) is 0 Å². The highest BCUT2D eigenvalue weighted by molar-refractivity contribution is 5.81. The smallest absolute Gasteiger partial charge is 0.305 e. The van der Waals surface area contributed by atoms with Crippen LogP contribution in [0.2, 0.25) is 0 Å². The van der Waals surface area contributed by atoms with Crippen molar-refractivity contribution in [1.82, 2.24) is 4.90 Å². The van der Waals surface area contributed by atoms with E-state index >= 15 is 0 Å². The molecule has 2 atom stereocenters. The fraction of sp³-hybridized carbons (Fsp3) is 0.846. The second-order valence-corrected chi connectivity index (χ2v) is 5.06. The summed E-state index contributed by atoms with van der Waals surface area (Å²) in [5.41, 5.74) is 0. The van der Waals surface area contributed by atoms with E-state index in [9.17, 15) is 9.59 Å². The van der Waals surface area contributed by atoms with E-state index < -0.39 is 12.1 Å². The van der Waals surface area contributed by atoms with Gasteiger partial charge in [-0.2, -0.15) is 0 Å². The lowest BCUT2D eigenvalue weighted by Gasteiger charge is -2.27. The van der Waals surface area contributed by atoms with Gasteiger partial charge in [0.1, 0.15) is 6.10 Å². The molecule has 0 radical (unpaired) electrons. The molecule has 0 bridgehead atoms. The third-order valence-electron chi connectivity index (χ3n) is 3.56. The summed E-state index contributed by atoms with van der Waals surface area (Å²) >= 11 is 0. The Hall–Kier alpha value is -1.14. The minimum Gasteiger partial charge on any atom is -0.481 e. The summed E-state index contributed by atoms with van der Waals surface area (Å²) in [6, 6.07) is 0. The van der Waals surface area contributed by atoms with E-state index in [4.69, 9.17) is 14.6 Å². The third-order valence-corrected chi connectivity index (χ3v) is 3.56. The Morgan fingerprint density at radius 2 is 1.89 bits per heavy atom. The van der Waals surface area contributed by atoms with E-state index in [1.54, 1.807) is 4.90 Å². The van der Waals surface area contributed by atoms with Crippen LogP contribution in [0, 0.1) is 0 Å². The maximum absolute atomic E-state index is 12.3. The maximum Gasteiger partial charge on any atom is 0.305 e. The summed E-state index contributed by atoms with van der Waals surface area (Å²) in [6.07, 6.45) is 3.17. The maximum atomic E-state index is 12.3. The molecule has 1 amide bonds. The highest BCUT2D eigenvalue weighted by atomic mass is 16.5. The largest absolute Gasteiger partial charge is 0.481 e. The lowest BCUT2D eigenvalue weighted by atomic mass is 10.1. The number of rotatable bonds is 6. The number of amides is 1. The molecule has 0 aromatic heterocycles. The van der Waals surface area contributed by atoms with Crippen molar-refractivity contribution < 1.29 is 24.2 Å². The average Bonchev–Trinajstić information content (AvgIpc) is 3.06. The average molecular weight is 271 g/mol. The monoisotopic (exact) mass is 271 g/mol. The van der Waals surface area contributed by atoms with Crippen molar-refractivity contribution in [2.75, 3.05) is 26.3 Å². The second-order valence-electron chi connectivity index (χ2n) is 5.06. The Morgan fingerprint density at radius 1 is 1.16 bits per heavy atom. The van der Waals surface area contributed by atoms with Crippen molar-refractivity contribution in [3.63, 3.8) is 0 Å². The van der Waals surface area contributed by atoms with Gasteiger partial charge in [0.05, 0.1) is 12.5 Å². The Morgan fingerprint density at radius 3 is 2.47 bits per heavy atom. The fourth-order valence-electron chi connectivity index (χ4n) is 2.53. The van der Waals surface area contributed by atoms with Gasteiger partial charge in [0, 0.05) is 26.3 Å². The zero-order valence-corrected chi connectivity index (χ0v) is 11.0. The predicted octanol–water partition coefficient (Wildman–Crippen LogP) is 0.648. The van der Waals surface area contributed by atoms with Crippen LogP contribution < -0.4 is 0 Å². The van der Waals surface area contributed by atoms with Gasteiger partial charge in [-0.1, -0.05) is 0 Å². The number of hydrogen-bond acceptors (Lipinski definition) is 4. The van der Waals surface area contributed by atoms with Gasteiger partial charge in [-0.3, -0.25) is 9.59 Å². The van der Waals surface area contributed by atoms with Gasteiger partial charge >= 0.3 is 5.97 Å². The van der Waals surface area contributed by atoms with Gasteiger partial charge in [-0.25, -0.2) is 0 Å². The van der Waals surface area contributed by atoms with Gasteiger partial charge in [-0.15, -0.1) is 0 Å². The minimum absolute atomic E-state index is 0.0365. The van der Waals surface area contributed by atoms with Gasteiger partial charge < -0.3 is 19.5 Å². The van der Waals surface area contributed by atoms with Crippen LogP contribution in [0.15, 0.2) is 0 Å². The van der Waals surface area contributed by atoms with E-state index in [2.05, 4.69) is 0 Å². The molecule has 0 unspecified atom stereocenters. The van der Waals surface area contributed by atoms with Crippen molar-refractivity contribution >= 4 is 11.9 Å². The normalized spacial score (nSPS) is 26.5. The van der Waals surface area contributed by atoms with E-state index in [0.717, 1.165) is 32.3 Å². The van der Waals surface area contributed by atoms with Crippen molar-refractivity contribution in [2.24, 2.45) is 0 Å². The molecule has 0 saturated carbocycles. The van der Waals surface area contributed by atoms with Crippen LogP contribution in [0.5, 0.6) is 0 Å². The highest BCUT2D eigenvalue weighted by Crippen LogP contribution is 2.18. The van der Waals surface area contributed by atoms with E-state index in [-0.39, 0.29) is 25.0 Å². The van der Waals surface area contributed by atoms with Crippen molar-refractivity contribution in [3.8, 4) is 0 Å². The molecule has 2 fully saturated rings. The van der Waals surface area contributed by atoms with E-state index in [1.165, 1.54) is 0 Å².